The Bertz CT molecular complexity index is 692. The van der Waals surface area contributed by atoms with Gasteiger partial charge in [-0.05, 0) is 42.2 Å². The van der Waals surface area contributed by atoms with Crippen molar-refractivity contribution in [3.8, 4) is 6.01 Å². The smallest absolute Gasteiger partial charge is 0.306 e. The van der Waals surface area contributed by atoms with Gasteiger partial charge in [0.05, 0.1) is 0 Å². The second-order valence-corrected chi connectivity index (χ2v) is 4.97. The normalized spacial score (nSPS) is 10.7. The second kappa shape index (κ2) is 5.95. The van der Waals surface area contributed by atoms with Crippen LogP contribution in [0.4, 0.5) is 0 Å². The minimum absolute atomic E-state index is 0.512. The Morgan fingerprint density at radius 3 is 2.55 bits per heavy atom. The van der Waals surface area contributed by atoms with Crippen LogP contribution in [0.15, 0.2) is 41.1 Å². The van der Waals surface area contributed by atoms with Crippen LogP contribution in [-0.4, -0.2) is 9.55 Å². The highest BCUT2D eigenvalue weighted by atomic mass is 16.4. The maximum Gasteiger partial charge on any atom is 0.306 e. The fourth-order valence-corrected chi connectivity index (χ4v) is 2.00. The SMILES string of the molecule is CC.Cc1ccc2nc(-n3ccc(C(C)C)c3)oc2c1. The molecule has 0 N–H and O–H groups in total. The van der Waals surface area contributed by atoms with Crippen molar-refractivity contribution >= 4 is 11.1 Å². The van der Waals surface area contributed by atoms with Gasteiger partial charge in [0.1, 0.15) is 5.52 Å². The maximum atomic E-state index is 5.78. The Kier molecular flexibility index (Phi) is 4.28. The van der Waals surface area contributed by atoms with Crippen LogP contribution in [-0.2, 0) is 0 Å². The molecule has 0 aliphatic heterocycles. The summed E-state index contributed by atoms with van der Waals surface area (Å²) in [7, 11) is 0. The molecule has 3 aromatic rings. The van der Waals surface area contributed by atoms with Crippen molar-refractivity contribution < 1.29 is 4.42 Å². The molecule has 0 fully saturated rings. The van der Waals surface area contributed by atoms with Gasteiger partial charge in [0, 0.05) is 12.4 Å². The van der Waals surface area contributed by atoms with Crippen molar-refractivity contribution in [3.05, 3.63) is 47.8 Å². The minimum atomic E-state index is 0.512. The molecule has 0 radical (unpaired) electrons. The Labute approximate surface area is 120 Å². The van der Waals surface area contributed by atoms with Crippen LogP contribution >= 0.6 is 0 Å². The van der Waals surface area contributed by atoms with Crippen molar-refractivity contribution in [3.63, 3.8) is 0 Å². The highest BCUT2D eigenvalue weighted by Gasteiger charge is 2.09. The van der Waals surface area contributed by atoms with Crippen molar-refractivity contribution in [1.82, 2.24) is 9.55 Å². The first kappa shape index (κ1) is 14.4. The van der Waals surface area contributed by atoms with E-state index in [0.717, 1.165) is 11.1 Å². The fourth-order valence-electron chi connectivity index (χ4n) is 2.00. The highest BCUT2D eigenvalue weighted by molar-refractivity contribution is 5.74. The summed E-state index contributed by atoms with van der Waals surface area (Å²) in [6.45, 7) is 10.4. The van der Waals surface area contributed by atoms with Gasteiger partial charge in [0.15, 0.2) is 5.58 Å². The summed E-state index contributed by atoms with van der Waals surface area (Å²) in [6.07, 6.45) is 4.06. The molecule has 3 nitrogen and oxygen atoms in total. The summed E-state index contributed by atoms with van der Waals surface area (Å²) in [5, 5.41) is 0. The standard InChI is InChI=1S/C15H16N2O.C2H6/c1-10(2)12-6-7-17(9-12)15-16-13-5-4-11(3)8-14(13)18-15;1-2/h4-10H,1-3H3;1-2H3. The number of oxazole rings is 1. The maximum absolute atomic E-state index is 5.78. The Morgan fingerprint density at radius 1 is 1.15 bits per heavy atom. The molecule has 0 aliphatic rings. The molecule has 0 spiro atoms. The molecule has 0 saturated carbocycles. The molecular weight excluding hydrogens is 248 g/mol. The number of benzene rings is 1. The van der Waals surface area contributed by atoms with Crippen LogP contribution in [0.2, 0.25) is 0 Å². The summed E-state index contributed by atoms with van der Waals surface area (Å²) < 4.78 is 7.72. The Hall–Kier alpha value is -2.03. The third-order valence-electron chi connectivity index (χ3n) is 3.14. The molecule has 0 amide bonds. The molecular formula is C17H22N2O. The molecule has 20 heavy (non-hydrogen) atoms. The number of hydrogen-bond acceptors (Lipinski definition) is 2. The highest BCUT2D eigenvalue weighted by Crippen LogP contribution is 2.22. The second-order valence-electron chi connectivity index (χ2n) is 4.97. The van der Waals surface area contributed by atoms with Gasteiger partial charge in [-0.1, -0.05) is 33.8 Å². The van der Waals surface area contributed by atoms with E-state index in [0.29, 0.717) is 11.9 Å². The lowest BCUT2D eigenvalue weighted by Crippen LogP contribution is -1.89. The van der Waals surface area contributed by atoms with Crippen molar-refractivity contribution in [2.24, 2.45) is 0 Å². The van der Waals surface area contributed by atoms with E-state index in [-0.39, 0.29) is 0 Å². The predicted octanol–water partition coefficient (Wildman–Crippen LogP) is 5.08. The van der Waals surface area contributed by atoms with E-state index in [1.807, 2.05) is 49.7 Å². The zero-order valence-corrected chi connectivity index (χ0v) is 12.8. The van der Waals surface area contributed by atoms with Gasteiger partial charge in [-0.3, -0.25) is 4.57 Å². The third-order valence-corrected chi connectivity index (χ3v) is 3.14. The molecule has 106 valence electrons. The van der Waals surface area contributed by atoms with Crippen molar-refractivity contribution in [2.75, 3.05) is 0 Å². The Morgan fingerprint density at radius 2 is 1.90 bits per heavy atom. The number of nitrogens with zero attached hydrogens (tertiary/aromatic N) is 2. The van der Waals surface area contributed by atoms with E-state index in [2.05, 4.69) is 31.1 Å². The summed E-state index contributed by atoms with van der Waals surface area (Å²) in [5.74, 6) is 0.512. The first-order chi connectivity index (χ1) is 9.63. The predicted molar refractivity (Wildman–Crippen MR) is 83.5 cm³/mol. The molecule has 0 bridgehead atoms. The van der Waals surface area contributed by atoms with Gasteiger partial charge in [-0.15, -0.1) is 0 Å². The summed E-state index contributed by atoms with van der Waals surface area (Å²) in [4.78, 5) is 4.49. The third kappa shape index (κ3) is 2.77. The zero-order chi connectivity index (χ0) is 14.7. The average molecular weight is 270 g/mol. The molecule has 2 aromatic heterocycles. The molecule has 3 heteroatoms. The van der Waals surface area contributed by atoms with Crippen LogP contribution in [0.1, 0.15) is 44.7 Å². The van der Waals surface area contributed by atoms with Crippen LogP contribution in [0.3, 0.4) is 0 Å². The van der Waals surface area contributed by atoms with Crippen molar-refractivity contribution in [1.29, 1.82) is 0 Å². The van der Waals surface area contributed by atoms with Gasteiger partial charge < -0.3 is 4.42 Å². The van der Waals surface area contributed by atoms with E-state index in [1.165, 1.54) is 11.1 Å². The molecule has 3 rings (SSSR count). The van der Waals surface area contributed by atoms with E-state index < -0.39 is 0 Å². The van der Waals surface area contributed by atoms with E-state index in [9.17, 15) is 0 Å². The van der Waals surface area contributed by atoms with Crippen LogP contribution in [0, 0.1) is 6.92 Å². The molecule has 0 aliphatic carbocycles. The number of rotatable bonds is 2. The van der Waals surface area contributed by atoms with Gasteiger partial charge in [0.25, 0.3) is 0 Å². The summed E-state index contributed by atoms with van der Waals surface area (Å²) in [5.41, 5.74) is 4.20. The first-order valence-electron chi connectivity index (χ1n) is 7.19. The van der Waals surface area contributed by atoms with Crippen LogP contribution in [0.5, 0.6) is 0 Å². The average Bonchev–Trinajstić information content (AvgIpc) is 3.06. The van der Waals surface area contributed by atoms with Gasteiger partial charge in [0.2, 0.25) is 0 Å². The van der Waals surface area contributed by atoms with Crippen LogP contribution in [0.25, 0.3) is 17.1 Å². The number of hydrogen-bond donors (Lipinski definition) is 0. The number of fused-ring (bicyclic) bond motifs is 1. The zero-order valence-electron chi connectivity index (χ0n) is 12.8. The lowest BCUT2D eigenvalue weighted by Gasteiger charge is -1.98. The molecule has 0 saturated heterocycles. The number of aryl methyl sites for hydroxylation is 1. The monoisotopic (exact) mass is 270 g/mol. The topological polar surface area (TPSA) is 31.0 Å². The Balaban J connectivity index is 0.000000704. The van der Waals surface area contributed by atoms with Crippen molar-refractivity contribution in [2.45, 2.75) is 40.5 Å². The largest absolute Gasteiger partial charge is 0.423 e. The van der Waals surface area contributed by atoms with Gasteiger partial charge in [-0.2, -0.15) is 4.98 Å². The summed E-state index contributed by atoms with van der Waals surface area (Å²) in [6, 6.07) is 8.78. The molecule has 1 aromatic carbocycles. The van der Waals surface area contributed by atoms with E-state index >= 15 is 0 Å². The molecule has 0 atom stereocenters. The van der Waals surface area contributed by atoms with E-state index in [1.54, 1.807) is 0 Å². The quantitative estimate of drug-likeness (QED) is 0.650. The minimum Gasteiger partial charge on any atom is -0.423 e. The fraction of sp³-hybridized carbons (Fsp3) is 0.353. The molecule has 0 unspecified atom stereocenters. The first-order valence-corrected chi connectivity index (χ1v) is 7.19. The van der Waals surface area contributed by atoms with Gasteiger partial charge in [-0.25, -0.2) is 0 Å². The number of aromatic nitrogens is 2. The lowest BCUT2D eigenvalue weighted by molar-refractivity contribution is 0.564. The lowest BCUT2D eigenvalue weighted by atomic mass is 10.1. The summed E-state index contributed by atoms with van der Waals surface area (Å²) >= 11 is 0. The van der Waals surface area contributed by atoms with E-state index in [4.69, 9.17) is 4.42 Å². The molecule has 2 heterocycles. The van der Waals surface area contributed by atoms with Gasteiger partial charge >= 0.3 is 6.01 Å². The van der Waals surface area contributed by atoms with Crippen LogP contribution < -0.4 is 0 Å².